The summed E-state index contributed by atoms with van der Waals surface area (Å²) in [4.78, 5) is 3.38. The highest BCUT2D eigenvalue weighted by Gasteiger charge is 1.94. The lowest BCUT2D eigenvalue weighted by Crippen LogP contribution is -1.75. The lowest BCUT2D eigenvalue weighted by atomic mass is 10.6. The highest BCUT2D eigenvalue weighted by molar-refractivity contribution is 14.1. The normalized spacial score (nSPS) is 13.7. The molecular formula is C4H3ClFIN2. The van der Waals surface area contributed by atoms with Gasteiger partial charge in [0.1, 0.15) is 0 Å². The molecule has 0 aliphatic rings. The van der Waals surface area contributed by atoms with Crippen LogP contribution in [0.5, 0.6) is 0 Å². The molecule has 50 valence electrons. The van der Waals surface area contributed by atoms with Gasteiger partial charge in [0.25, 0.3) is 0 Å². The quantitative estimate of drug-likeness (QED) is 0.450. The molecular weight excluding hydrogens is 257 g/mol. The largest absolute Gasteiger partial charge is 0.306 e. The van der Waals surface area contributed by atoms with E-state index in [1.807, 2.05) is 0 Å². The number of hydrogen-bond donors (Lipinski definition) is 1. The Labute approximate surface area is 70.5 Å². The minimum absolute atomic E-state index is 0.292. The summed E-state index contributed by atoms with van der Waals surface area (Å²) in [7, 11) is 0. The molecule has 0 bridgehead atoms. The fraction of sp³-hybridized carbons (Fsp3) is 0. The van der Waals surface area contributed by atoms with Gasteiger partial charge >= 0.3 is 0 Å². The van der Waals surface area contributed by atoms with Gasteiger partial charge in [-0.05, 0) is 22.6 Å². The van der Waals surface area contributed by atoms with E-state index in [-0.39, 0.29) is 5.16 Å². The van der Waals surface area contributed by atoms with Crippen molar-refractivity contribution < 1.29 is 4.39 Å². The van der Waals surface area contributed by atoms with Crippen molar-refractivity contribution in [3.8, 4) is 0 Å². The first-order valence-electron chi connectivity index (χ1n) is 1.91. The standard InChI is InChI=1S/C4H3ClFIN2/c5-4(9-2-7)3(6)1-8/h1-2,8H/b4-3+,8-1?,9-2-. The average molecular weight is 260 g/mol. The molecule has 0 aromatic heterocycles. The summed E-state index contributed by atoms with van der Waals surface area (Å²) >= 11 is 6.98. The summed E-state index contributed by atoms with van der Waals surface area (Å²) in [6, 6.07) is 0. The SMILES string of the molecule is N=C/C(F)=C(Cl)\N=C/I. The molecule has 0 aromatic rings. The number of nitrogens with one attached hydrogen (secondary N) is 1. The van der Waals surface area contributed by atoms with Crippen LogP contribution in [0.4, 0.5) is 4.39 Å². The Balaban J connectivity index is 4.27. The highest BCUT2D eigenvalue weighted by Crippen LogP contribution is 2.09. The summed E-state index contributed by atoms with van der Waals surface area (Å²) in [5.41, 5.74) is 0. The molecule has 0 saturated carbocycles. The van der Waals surface area contributed by atoms with Crippen LogP contribution >= 0.6 is 34.2 Å². The first kappa shape index (κ1) is 9.03. The predicted octanol–water partition coefficient (Wildman–Crippen LogP) is 2.48. The van der Waals surface area contributed by atoms with Crippen molar-refractivity contribution in [2.75, 3.05) is 0 Å². The van der Waals surface area contributed by atoms with Crippen LogP contribution in [0.25, 0.3) is 0 Å². The van der Waals surface area contributed by atoms with Crippen molar-refractivity contribution in [3.05, 3.63) is 11.0 Å². The van der Waals surface area contributed by atoms with Crippen LogP contribution in [-0.4, -0.2) is 10.4 Å². The molecule has 0 unspecified atom stereocenters. The highest BCUT2D eigenvalue weighted by atomic mass is 127. The third-order valence-corrected chi connectivity index (χ3v) is 1.04. The van der Waals surface area contributed by atoms with Gasteiger partial charge in [-0.15, -0.1) is 0 Å². The van der Waals surface area contributed by atoms with Crippen molar-refractivity contribution in [1.29, 1.82) is 5.41 Å². The molecule has 0 radical (unpaired) electrons. The molecule has 0 spiro atoms. The topological polar surface area (TPSA) is 36.2 Å². The van der Waals surface area contributed by atoms with Gasteiger partial charge in [-0.2, -0.15) is 0 Å². The summed E-state index contributed by atoms with van der Waals surface area (Å²) in [6.07, 6.45) is 0.506. The summed E-state index contributed by atoms with van der Waals surface area (Å²) in [6.45, 7) is 0. The molecule has 0 rings (SSSR count). The fourth-order valence-electron chi connectivity index (χ4n) is 0.164. The zero-order valence-electron chi connectivity index (χ0n) is 4.24. The van der Waals surface area contributed by atoms with Crippen LogP contribution < -0.4 is 0 Å². The van der Waals surface area contributed by atoms with E-state index in [1.165, 1.54) is 4.22 Å². The van der Waals surface area contributed by atoms with Gasteiger partial charge in [0, 0.05) is 0 Å². The van der Waals surface area contributed by atoms with Gasteiger partial charge in [-0.1, -0.05) is 11.6 Å². The summed E-state index contributed by atoms with van der Waals surface area (Å²) in [5.74, 6) is -0.829. The minimum atomic E-state index is -0.829. The molecule has 5 heteroatoms. The van der Waals surface area contributed by atoms with Crippen LogP contribution in [0, 0.1) is 5.41 Å². The Morgan fingerprint density at radius 2 is 2.33 bits per heavy atom. The Morgan fingerprint density at radius 1 is 1.78 bits per heavy atom. The smallest absolute Gasteiger partial charge is 0.177 e. The predicted molar refractivity (Wildman–Crippen MR) is 45.3 cm³/mol. The second kappa shape index (κ2) is 4.87. The van der Waals surface area contributed by atoms with Gasteiger partial charge in [-0.25, -0.2) is 9.38 Å². The number of nitrogens with zero attached hydrogens (tertiary/aromatic N) is 1. The van der Waals surface area contributed by atoms with Gasteiger partial charge in [-0.3, -0.25) is 0 Å². The minimum Gasteiger partial charge on any atom is -0.306 e. The maximum atomic E-state index is 12.1. The summed E-state index contributed by atoms with van der Waals surface area (Å²) in [5, 5.41) is 6.11. The van der Waals surface area contributed by atoms with Gasteiger partial charge in [0.15, 0.2) is 11.0 Å². The van der Waals surface area contributed by atoms with Crippen molar-refractivity contribution in [3.63, 3.8) is 0 Å². The van der Waals surface area contributed by atoms with Gasteiger partial charge in [0.05, 0.1) is 10.4 Å². The molecule has 0 fully saturated rings. The molecule has 2 nitrogen and oxygen atoms in total. The molecule has 0 aromatic carbocycles. The molecule has 0 aliphatic heterocycles. The van der Waals surface area contributed by atoms with Gasteiger partial charge in [0.2, 0.25) is 0 Å². The van der Waals surface area contributed by atoms with E-state index in [0.717, 1.165) is 0 Å². The maximum Gasteiger partial charge on any atom is 0.177 e. The third-order valence-electron chi connectivity index (χ3n) is 0.486. The number of allylic oxidation sites excluding steroid dienone is 1. The van der Waals surface area contributed by atoms with E-state index in [0.29, 0.717) is 6.21 Å². The second-order valence-corrected chi connectivity index (χ2v) is 1.92. The van der Waals surface area contributed by atoms with E-state index in [4.69, 9.17) is 17.0 Å². The van der Waals surface area contributed by atoms with Crippen molar-refractivity contribution in [1.82, 2.24) is 0 Å². The molecule has 0 aliphatic carbocycles. The molecule has 0 amide bonds. The number of hydrogen-bond acceptors (Lipinski definition) is 2. The first-order valence-corrected chi connectivity index (χ1v) is 3.53. The molecule has 1 N–H and O–H groups in total. The van der Waals surface area contributed by atoms with E-state index in [9.17, 15) is 4.39 Å². The molecule has 9 heavy (non-hydrogen) atoms. The van der Waals surface area contributed by atoms with Gasteiger partial charge < -0.3 is 5.41 Å². The zero-order valence-corrected chi connectivity index (χ0v) is 7.15. The van der Waals surface area contributed by atoms with E-state index >= 15 is 0 Å². The van der Waals surface area contributed by atoms with Crippen LogP contribution in [0.3, 0.4) is 0 Å². The average Bonchev–Trinajstić information content (AvgIpc) is 1.87. The fourth-order valence-corrected chi connectivity index (χ4v) is 0.711. The Kier molecular flexibility index (Phi) is 4.88. The maximum absolute atomic E-state index is 12.1. The lowest BCUT2D eigenvalue weighted by molar-refractivity contribution is 0.679. The van der Waals surface area contributed by atoms with E-state index < -0.39 is 5.83 Å². The number of rotatable bonds is 2. The molecule has 0 atom stereocenters. The zero-order chi connectivity index (χ0) is 7.28. The Morgan fingerprint density at radius 3 is 2.67 bits per heavy atom. The van der Waals surface area contributed by atoms with Crippen molar-refractivity contribution in [2.24, 2.45) is 4.99 Å². The van der Waals surface area contributed by atoms with E-state index in [1.54, 1.807) is 22.6 Å². The monoisotopic (exact) mass is 260 g/mol. The summed E-state index contributed by atoms with van der Waals surface area (Å²) < 4.78 is 13.4. The lowest BCUT2D eigenvalue weighted by Gasteiger charge is -1.84. The van der Waals surface area contributed by atoms with Crippen molar-refractivity contribution >= 4 is 44.6 Å². The number of halogens is 3. The van der Waals surface area contributed by atoms with Crippen LogP contribution in [0.1, 0.15) is 0 Å². The molecule has 0 saturated heterocycles. The van der Waals surface area contributed by atoms with E-state index in [2.05, 4.69) is 4.99 Å². The van der Waals surface area contributed by atoms with Crippen LogP contribution in [-0.2, 0) is 0 Å². The Bertz CT molecular complexity index is 166. The number of aliphatic imine (C=N–C) groups is 1. The Hall–Kier alpha value is 0.0300. The first-order chi connectivity index (χ1) is 4.22. The second-order valence-electron chi connectivity index (χ2n) is 1.01. The third kappa shape index (κ3) is 3.58. The molecule has 0 heterocycles. The van der Waals surface area contributed by atoms with Crippen LogP contribution in [0.2, 0.25) is 0 Å². The van der Waals surface area contributed by atoms with Crippen LogP contribution in [0.15, 0.2) is 16.0 Å². The van der Waals surface area contributed by atoms with Crippen molar-refractivity contribution in [2.45, 2.75) is 0 Å².